The molecule has 2 aromatic carbocycles. The largest absolute Gasteiger partial charge is 0.323 e. The fraction of sp³-hybridized carbons (Fsp3) is 0.133. The van der Waals surface area contributed by atoms with E-state index in [1.807, 2.05) is 37.3 Å². The number of rotatable bonds is 2. The van der Waals surface area contributed by atoms with Gasteiger partial charge in [-0.05, 0) is 47.9 Å². The molecule has 0 saturated heterocycles. The number of alkyl halides is 1. The number of benzene rings is 2. The molecule has 0 radical (unpaired) electrons. The summed E-state index contributed by atoms with van der Waals surface area (Å²) < 4.78 is 0.836. The Morgan fingerprint density at radius 3 is 2.43 bits per heavy atom. The first-order valence-electron chi connectivity index (χ1n) is 6.26. The highest BCUT2D eigenvalue weighted by molar-refractivity contribution is 9.10. The van der Waals surface area contributed by atoms with Crippen molar-refractivity contribution < 1.29 is 0 Å². The number of nitrogens with one attached hydrogen (secondary N) is 2. The molecule has 0 aliphatic heterocycles. The Morgan fingerprint density at radius 2 is 1.76 bits per heavy atom. The fourth-order valence-electron chi connectivity index (χ4n) is 2.36. The van der Waals surface area contributed by atoms with Crippen molar-refractivity contribution in [1.29, 1.82) is 0 Å². The highest BCUT2D eigenvalue weighted by Crippen LogP contribution is 2.36. The molecule has 0 fully saturated rings. The van der Waals surface area contributed by atoms with E-state index >= 15 is 0 Å². The Bertz CT molecular complexity index is 865. The highest BCUT2D eigenvalue weighted by Gasteiger charge is 2.16. The molecule has 1 heterocycles. The third-order valence-electron chi connectivity index (χ3n) is 3.26. The minimum absolute atomic E-state index is 0.237. The van der Waals surface area contributed by atoms with Crippen LogP contribution in [0.25, 0.3) is 11.0 Å². The fourth-order valence-corrected chi connectivity index (χ4v) is 3.67. The third-order valence-corrected chi connectivity index (χ3v) is 4.66. The van der Waals surface area contributed by atoms with E-state index in [2.05, 4.69) is 25.9 Å². The Balaban J connectivity index is 2.13. The van der Waals surface area contributed by atoms with Crippen LogP contribution in [-0.2, 0) is 0 Å². The van der Waals surface area contributed by atoms with E-state index in [-0.39, 0.29) is 11.1 Å². The number of aromatic nitrogens is 2. The molecule has 1 aromatic heterocycles. The van der Waals surface area contributed by atoms with Gasteiger partial charge in [0, 0.05) is 9.50 Å². The molecule has 1 unspecified atom stereocenters. The van der Waals surface area contributed by atoms with Crippen LogP contribution in [0, 0.1) is 6.92 Å². The van der Waals surface area contributed by atoms with Gasteiger partial charge in [-0.15, -0.1) is 11.6 Å². The van der Waals surface area contributed by atoms with Crippen molar-refractivity contribution in [1.82, 2.24) is 9.97 Å². The molecule has 108 valence electrons. The van der Waals surface area contributed by atoms with E-state index in [4.69, 9.17) is 23.2 Å². The van der Waals surface area contributed by atoms with E-state index in [0.717, 1.165) is 32.2 Å². The van der Waals surface area contributed by atoms with Crippen molar-refractivity contribution in [2.45, 2.75) is 12.3 Å². The van der Waals surface area contributed by atoms with E-state index in [0.29, 0.717) is 5.02 Å². The van der Waals surface area contributed by atoms with Gasteiger partial charge in [0.1, 0.15) is 0 Å². The number of fused-ring (bicyclic) bond motifs is 1. The lowest BCUT2D eigenvalue weighted by molar-refractivity contribution is 1.12. The van der Waals surface area contributed by atoms with Gasteiger partial charge in [-0.2, -0.15) is 0 Å². The van der Waals surface area contributed by atoms with Gasteiger partial charge in [0.05, 0.1) is 16.4 Å². The number of aryl methyl sites for hydroxylation is 1. The van der Waals surface area contributed by atoms with Gasteiger partial charge in [0.2, 0.25) is 0 Å². The summed E-state index contributed by atoms with van der Waals surface area (Å²) in [7, 11) is 0. The van der Waals surface area contributed by atoms with E-state index in [9.17, 15) is 4.79 Å². The smallest absolute Gasteiger partial charge is 0.306 e. The van der Waals surface area contributed by atoms with Crippen LogP contribution in [0.1, 0.15) is 22.1 Å². The Hall–Kier alpha value is -1.23. The lowest BCUT2D eigenvalue weighted by Gasteiger charge is -2.14. The van der Waals surface area contributed by atoms with Crippen LogP contribution in [0.5, 0.6) is 0 Å². The molecule has 0 bridgehead atoms. The standard InChI is InChI=1S/C15H11BrCl2N2O/c1-7-2-8(4-9(17)3-7)14(18)10-5-12-13(6-11(10)16)20-15(21)19-12/h2-6,14H,1H3,(H2,19,20,21). The topological polar surface area (TPSA) is 48.6 Å². The van der Waals surface area contributed by atoms with Crippen molar-refractivity contribution in [3.63, 3.8) is 0 Å². The number of H-pyrrole nitrogens is 2. The molecule has 3 rings (SSSR count). The molecule has 3 aromatic rings. The van der Waals surface area contributed by atoms with Crippen molar-refractivity contribution in [2.24, 2.45) is 0 Å². The molecular formula is C15H11BrCl2N2O. The SMILES string of the molecule is Cc1cc(Cl)cc(C(Cl)c2cc3[nH]c(=O)[nH]c3cc2Br)c1. The molecule has 1 atom stereocenters. The van der Waals surface area contributed by atoms with Gasteiger partial charge in [-0.3, -0.25) is 0 Å². The molecule has 3 nitrogen and oxygen atoms in total. The van der Waals surface area contributed by atoms with Crippen molar-refractivity contribution in [2.75, 3.05) is 0 Å². The van der Waals surface area contributed by atoms with Crippen LogP contribution < -0.4 is 5.69 Å². The lowest BCUT2D eigenvalue weighted by Crippen LogP contribution is -1.99. The molecule has 2 N–H and O–H groups in total. The van der Waals surface area contributed by atoms with Gasteiger partial charge in [-0.25, -0.2) is 4.79 Å². The second kappa shape index (κ2) is 5.52. The van der Waals surface area contributed by atoms with Crippen LogP contribution in [0.2, 0.25) is 5.02 Å². The predicted octanol–water partition coefficient (Wildman–Crippen LogP) is 4.91. The zero-order valence-electron chi connectivity index (χ0n) is 11.0. The summed E-state index contributed by atoms with van der Waals surface area (Å²) in [6.45, 7) is 1.97. The van der Waals surface area contributed by atoms with Gasteiger partial charge in [0.15, 0.2) is 0 Å². The zero-order valence-corrected chi connectivity index (χ0v) is 14.1. The second-order valence-corrected chi connectivity index (χ2v) is 6.65. The van der Waals surface area contributed by atoms with Crippen LogP contribution >= 0.6 is 39.1 Å². The quantitative estimate of drug-likeness (QED) is 0.605. The minimum atomic E-state index is -0.362. The average molecular weight is 386 g/mol. The molecule has 0 amide bonds. The summed E-state index contributed by atoms with van der Waals surface area (Å²) in [5, 5.41) is 0.294. The van der Waals surface area contributed by atoms with Crippen molar-refractivity contribution >= 4 is 50.2 Å². The van der Waals surface area contributed by atoms with E-state index in [1.165, 1.54) is 0 Å². The first-order valence-corrected chi connectivity index (χ1v) is 7.87. The van der Waals surface area contributed by atoms with Gasteiger partial charge < -0.3 is 9.97 Å². The summed E-state index contributed by atoms with van der Waals surface area (Å²) >= 11 is 16.2. The number of hydrogen-bond donors (Lipinski definition) is 2. The Kier molecular flexibility index (Phi) is 3.86. The molecule has 0 spiro atoms. The van der Waals surface area contributed by atoms with Gasteiger partial charge in [0.25, 0.3) is 0 Å². The van der Waals surface area contributed by atoms with E-state index < -0.39 is 0 Å². The first kappa shape index (κ1) is 14.7. The molecule has 0 aliphatic rings. The molecule has 0 saturated carbocycles. The average Bonchev–Trinajstić information content (AvgIpc) is 2.75. The minimum Gasteiger partial charge on any atom is -0.306 e. The normalized spacial score (nSPS) is 12.8. The van der Waals surface area contributed by atoms with Crippen molar-refractivity contribution in [3.8, 4) is 0 Å². The highest BCUT2D eigenvalue weighted by atomic mass is 79.9. The van der Waals surface area contributed by atoms with Gasteiger partial charge in [-0.1, -0.05) is 33.6 Å². The monoisotopic (exact) mass is 384 g/mol. The summed E-state index contributed by atoms with van der Waals surface area (Å²) in [5.41, 5.74) is 4.07. The maximum absolute atomic E-state index is 11.4. The first-order chi connectivity index (χ1) is 9.94. The summed E-state index contributed by atoms with van der Waals surface area (Å²) in [6, 6.07) is 9.44. The van der Waals surface area contributed by atoms with Crippen LogP contribution in [0.15, 0.2) is 39.6 Å². The summed E-state index contributed by atoms with van der Waals surface area (Å²) in [6.07, 6.45) is 0. The summed E-state index contributed by atoms with van der Waals surface area (Å²) in [5.74, 6) is 0. The lowest BCUT2D eigenvalue weighted by atomic mass is 10.0. The maximum atomic E-state index is 11.4. The Morgan fingerprint density at radius 1 is 1.10 bits per heavy atom. The second-order valence-electron chi connectivity index (χ2n) is 4.92. The number of aromatic amines is 2. The van der Waals surface area contributed by atoms with Crippen LogP contribution in [0.4, 0.5) is 0 Å². The molecule has 0 aliphatic carbocycles. The number of imidazole rings is 1. The summed E-state index contributed by atoms with van der Waals surface area (Å²) in [4.78, 5) is 16.8. The number of hydrogen-bond acceptors (Lipinski definition) is 1. The molecule has 21 heavy (non-hydrogen) atoms. The third kappa shape index (κ3) is 2.89. The predicted molar refractivity (Wildman–Crippen MR) is 90.5 cm³/mol. The van der Waals surface area contributed by atoms with Gasteiger partial charge >= 0.3 is 5.69 Å². The zero-order chi connectivity index (χ0) is 15.1. The molecular weight excluding hydrogens is 375 g/mol. The van der Waals surface area contributed by atoms with Crippen LogP contribution in [-0.4, -0.2) is 9.97 Å². The van der Waals surface area contributed by atoms with E-state index in [1.54, 1.807) is 0 Å². The van der Waals surface area contributed by atoms with Crippen molar-refractivity contribution in [3.05, 3.63) is 67.0 Å². The van der Waals surface area contributed by atoms with Crippen LogP contribution in [0.3, 0.4) is 0 Å². The molecule has 6 heteroatoms. The maximum Gasteiger partial charge on any atom is 0.323 e. The number of halogens is 3. The Labute approximate surface area is 139 Å².